The molecule has 0 radical (unpaired) electrons. The molecule has 34 heavy (non-hydrogen) atoms. The molecule has 2 aromatic rings. The van der Waals surface area contributed by atoms with E-state index in [9.17, 15) is 14.4 Å². The van der Waals surface area contributed by atoms with Crippen molar-refractivity contribution >= 4 is 17.8 Å². The third kappa shape index (κ3) is 3.23. The van der Waals surface area contributed by atoms with E-state index in [1.807, 2.05) is 24.0 Å². The molecule has 1 N–H and O–H groups in total. The quantitative estimate of drug-likeness (QED) is 0.711. The number of likely N-dealkylation sites (tertiary alicyclic amines) is 1. The summed E-state index contributed by atoms with van der Waals surface area (Å²) >= 11 is 0. The van der Waals surface area contributed by atoms with Crippen LogP contribution in [-0.2, 0) is 17.6 Å². The predicted molar refractivity (Wildman–Crippen MR) is 123 cm³/mol. The van der Waals surface area contributed by atoms with Gasteiger partial charge < -0.3 is 19.7 Å². The van der Waals surface area contributed by atoms with Gasteiger partial charge in [-0.15, -0.1) is 0 Å². The summed E-state index contributed by atoms with van der Waals surface area (Å²) in [5, 5.41) is 3.01. The summed E-state index contributed by atoms with van der Waals surface area (Å²) in [5.41, 5.74) is 2.03. The highest BCUT2D eigenvalue weighted by molar-refractivity contribution is 6.07. The molecule has 2 saturated heterocycles. The van der Waals surface area contributed by atoms with Crippen LogP contribution in [0.15, 0.2) is 42.5 Å². The van der Waals surface area contributed by atoms with Gasteiger partial charge in [-0.1, -0.05) is 24.3 Å². The highest BCUT2D eigenvalue weighted by Gasteiger charge is 2.55. The fourth-order valence-electron chi connectivity index (χ4n) is 5.88. The molecule has 1 atom stereocenters. The van der Waals surface area contributed by atoms with E-state index in [1.165, 1.54) is 16.0 Å². The third-order valence-corrected chi connectivity index (χ3v) is 7.86. The monoisotopic (exact) mass is 461 g/mol. The van der Waals surface area contributed by atoms with E-state index in [2.05, 4.69) is 17.4 Å². The first kappa shape index (κ1) is 21.0. The van der Waals surface area contributed by atoms with Crippen LogP contribution in [0.25, 0.3) is 0 Å². The maximum atomic E-state index is 13.6. The molecule has 0 spiro atoms. The van der Waals surface area contributed by atoms with Gasteiger partial charge in [0.1, 0.15) is 5.54 Å². The lowest BCUT2D eigenvalue weighted by Gasteiger charge is -2.39. The van der Waals surface area contributed by atoms with Crippen LogP contribution in [0.5, 0.6) is 11.5 Å². The van der Waals surface area contributed by atoms with E-state index < -0.39 is 5.54 Å². The first-order valence-electron chi connectivity index (χ1n) is 11.9. The summed E-state index contributed by atoms with van der Waals surface area (Å²) in [5.74, 6) is 0.999. The highest BCUT2D eigenvalue weighted by atomic mass is 16.7. The number of piperidine rings is 1. The first-order chi connectivity index (χ1) is 16.4. The normalized spacial score (nSPS) is 24.5. The number of amides is 4. The van der Waals surface area contributed by atoms with Gasteiger partial charge in [-0.3, -0.25) is 14.5 Å². The molecule has 8 heteroatoms. The second kappa shape index (κ2) is 7.75. The molecule has 1 aliphatic carbocycles. The summed E-state index contributed by atoms with van der Waals surface area (Å²) < 4.78 is 10.7. The van der Waals surface area contributed by atoms with Crippen molar-refractivity contribution in [3.05, 3.63) is 59.2 Å². The molecule has 0 unspecified atom stereocenters. The van der Waals surface area contributed by atoms with Crippen LogP contribution in [-0.4, -0.2) is 59.1 Å². The summed E-state index contributed by atoms with van der Waals surface area (Å²) in [4.78, 5) is 42.8. The van der Waals surface area contributed by atoms with Crippen LogP contribution in [0.2, 0.25) is 0 Å². The Labute approximate surface area is 197 Å². The largest absolute Gasteiger partial charge is 0.454 e. The van der Waals surface area contributed by atoms with Crippen LogP contribution in [0, 0.1) is 5.92 Å². The molecule has 0 aromatic heterocycles. The smallest absolute Gasteiger partial charge is 0.325 e. The average Bonchev–Trinajstić information content (AvgIpc) is 3.54. The topological polar surface area (TPSA) is 88.2 Å². The van der Waals surface area contributed by atoms with Crippen LogP contribution in [0.4, 0.5) is 4.79 Å². The molecule has 3 heterocycles. The summed E-state index contributed by atoms with van der Waals surface area (Å²) in [6.45, 7) is 3.08. The molecule has 0 saturated carbocycles. The lowest BCUT2D eigenvalue weighted by molar-refractivity contribution is -0.134. The van der Waals surface area contributed by atoms with Gasteiger partial charge in [0.2, 0.25) is 6.79 Å². The van der Waals surface area contributed by atoms with Crippen molar-refractivity contribution in [2.45, 2.75) is 44.2 Å². The van der Waals surface area contributed by atoms with E-state index in [0.29, 0.717) is 55.8 Å². The second-order valence-corrected chi connectivity index (χ2v) is 9.77. The Morgan fingerprint density at radius 2 is 1.68 bits per heavy atom. The van der Waals surface area contributed by atoms with Crippen LogP contribution in [0.3, 0.4) is 0 Å². The maximum absolute atomic E-state index is 13.6. The van der Waals surface area contributed by atoms with Crippen molar-refractivity contribution in [2.24, 2.45) is 5.92 Å². The summed E-state index contributed by atoms with van der Waals surface area (Å²) in [6.07, 6.45) is 2.71. The van der Waals surface area contributed by atoms with Gasteiger partial charge in [-0.25, -0.2) is 4.79 Å². The number of carbonyl (C=O) groups excluding carboxylic acids is 3. The summed E-state index contributed by atoms with van der Waals surface area (Å²) in [7, 11) is 0. The van der Waals surface area contributed by atoms with Crippen molar-refractivity contribution in [2.75, 3.05) is 19.9 Å². The second-order valence-electron chi connectivity index (χ2n) is 9.77. The molecule has 8 nitrogen and oxygen atoms in total. The van der Waals surface area contributed by atoms with Crippen LogP contribution in [0.1, 0.15) is 41.3 Å². The number of imide groups is 1. The zero-order valence-corrected chi connectivity index (χ0v) is 19.1. The van der Waals surface area contributed by atoms with E-state index in [0.717, 1.165) is 0 Å². The zero-order chi connectivity index (χ0) is 23.4. The number of nitrogens with one attached hydrogen (secondary N) is 1. The van der Waals surface area contributed by atoms with Crippen molar-refractivity contribution in [1.82, 2.24) is 15.1 Å². The minimum atomic E-state index is -0.945. The molecule has 176 valence electrons. The number of nitrogens with zero attached hydrogens (tertiary/aromatic N) is 2. The Morgan fingerprint density at radius 1 is 1.00 bits per heavy atom. The molecule has 4 amide bonds. The van der Waals surface area contributed by atoms with Crippen molar-refractivity contribution in [3.8, 4) is 11.5 Å². The van der Waals surface area contributed by atoms with Gasteiger partial charge >= 0.3 is 6.03 Å². The maximum Gasteiger partial charge on any atom is 0.325 e. The lowest BCUT2D eigenvalue weighted by Crippen LogP contribution is -2.55. The Morgan fingerprint density at radius 3 is 2.38 bits per heavy atom. The number of urea groups is 1. The Balaban J connectivity index is 1.12. The molecule has 2 aromatic carbocycles. The molecule has 6 rings (SSSR count). The van der Waals surface area contributed by atoms with Crippen LogP contribution < -0.4 is 14.8 Å². The minimum absolute atomic E-state index is 0.0291. The number of carbonyl (C=O) groups is 3. The molecule has 4 aliphatic rings. The van der Waals surface area contributed by atoms with E-state index in [1.54, 1.807) is 18.2 Å². The summed E-state index contributed by atoms with van der Waals surface area (Å²) in [6, 6.07) is 12.9. The standard InChI is InChI=1S/C26H27N3O5/c1-26(24(31)29(25(32)27-26)20-12-16-4-2-3-5-17(16)13-20)19-8-10-28(11-9-19)23(30)18-6-7-21-22(14-18)34-15-33-21/h2-7,14,19-20H,8-13,15H2,1H3,(H,27,32)/t26-/m0/s1. The highest BCUT2D eigenvalue weighted by Crippen LogP contribution is 2.37. The Hall–Kier alpha value is -3.55. The Kier molecular flexibility index (Phi) is 4.79. The molecular formula is C26H27N3O5. The Bertz CT molecular complexity index is 1160. The number of ether oxygens (including phenoxy) is 2. The van der Waals surface area contributed by atoms with Gasteiger partial charge in [-0.05, 0) is 67.9 Å². The van der Waals surface area contributed by atoms with Gasteiger partial charge in [0.15, 0.2) is 11.5 Å². The van der Waals surface area contributed by atoms with Crippen molar-refractivity contribution < 1.29 is 23.9 Å². The van der Waals surface area contributed by atoms with Crippen molar-refractivity contribution in [1.29, 1.82) is 0 Å². The van der Waals surface area contributed by atoms with Gasteiger partial charge in [0.25, 0.3) is 11.8 Å². The average molecular weight is 462 g/mol. The minimum Gasteiger partial charge on any atom is -0.454 e. The number of hydrogen-bond donors (Lipinski definition) is 1. The molecular weight excluding hydrogens is 434 g/mol. The molecule has 2 fully saturated rings. The van der Waals surface area contributed by atoms with E-state index in [4.69, 9.17) is 9.47 Å². The number of rotatable bonds is 3. The van der Waals surface area contributed by atoms with Crippen molar-refractivity contribution in [3.63, 3.8) is 0 Å². The SMILES string of the molecule is C[C@@]1(C2CCN(C(=O)c3ccc4c(c3)OCO4)CC2)NC(=O)N(C2Cc3ccccc3C2)C1=O. The zero-order valence-electron chi connectivity index (χ0n) is 19.1. The lowest BCUT2D eigenvalue weighted by atomic mass is 9.78. The third-order valence-electron chi connectivity index (χ3n) is 7.86. The fraction of sp³-hybridized carbons (Fsp3) is 0.423. The number of hydrogen-bond acceptors (Lipinski definition) is 5. The number of fused-ring (bicyclic) bond motifs is 2. The van der Waals surface area contributed by atoms with Gasteiger partial charge in [0, 0.05) is 24.7 Å². The fourth-order valence-corrected chi connectivity index (χ4v) is 5.88. The predicted octanol–water partition coefficient (Wildman–Crippen LogP) is 2.75. The van der Waals surface area contributed by atoms with Gasteiger partial charge in [-0.2, -0.15) is 0 Å². The van der Waals surface area contributed by atoms with E-state index in [-0.39, 0.29) is 36.6 Å². The molecule has 3 aliphatic heterocycles. The molecule has 0 bridgehead atoms. The number of benzene rings is 2. The first-order valence-corrected chi connectivity index (χ1v) is 11.9. The van der Waals surface area contributed by atoms with Gasteiger partial charge in [0.05, 0.1) is 0 Å². The van der Waals surface area contributed by atoms with E-state index >= 15 is 0 Å². The van der Waals surface area contributed by atoms with Crippen LogP contribution >= 0.6 is 0 Å².